The van der Waals surface area contributed by atoms with E-state index in [-0.39, 0.29) is 5.91 Å². The van der Waals surface area contributed by atoms with Crippen molar-refractivity contribution in [2.24, 2.45) is 0 Å². The molecule has 1 N–H and O–H groups in total. The van der Waals surface area contributed by atoms with Crippen LogP contribution >= 0.6 is 11.3 Å². The fraction of sp³-hybridized carbons (Fsp3) is 0.294. The largest absolute Gasteiger partial charge is 0.351 e. The Morgan fingerprint density at radius 2 is 2.14 bits per heavy atom. The van der Waals surface area contributed by atoms with Gasteiger partial charge in [-0.05, 0) is 25.5 Å². The second-order valence-electron chi connectivity index (χ2n) is 5.13. The van der Waals surface area contributed by atoms with Gasteiger partial charge in [0.25, 0.3) is 5.91 Å². The Bertz CT molecular complexity index is 803. The second-order valence-corrected chi connectivity index (χ2v) is 5.98. The molecule has 2 aromatic heterocycles. The van der Waals surface area contributed by atoms with Gasteiger partial charge in [-0.15, -0.1) is 11.3 Å². The molecule has 5 heteroatoms. The van der Waals surface area contributed by atoms with Crippen LogP contribution in [0.15, 0.2) is 35.7 Å². The summed E-state index contributed by atoms with van der Waals surface area (Å²) in [5, 5.41) is 6.79. The average Bonchev–Trinajstić information content (AvgIpc) is 3.16. The topological polar surface area (TPSA) is 46.9 Å². The summed E-state index contributed by atoms with van der Waals surface area (Å²) in [6.45, 7) is 5.71. The van der Waals surface area contributed by atoms with Crippen LogP contribution in [0.5, 0.6) is 0 Å². The lowest BCUT2D eigenvalue weighted by Gasteiger charge is -2.05. The minimum atomic E-state index is -0.0940. The van der Waals surface area contributed by atoms with Crippen LogP contribution in [0.2, 0.25) is 0 Å². The Morgan fingerprint density at radius 3 is 2.91 bits per heavy atom. The fourth-order valence-corrected chi connectivity index (χ4v) is 3.38. The Kier molecular flexibility index (Phi) is 4.24. The van der Waals surface area contributed by atoms with Gasteiger partial charge in [0, 0.05) is 29.4 Å². The smallest absolute Gasteiger partial charge is 0.270 e. The molecule has 0 bridgehead atoms. The number of nitrogens with one attached hydrogen (secondary N) is 1. The van der Waals surface area contributed by atoms with Crippen LogP contribution in [0.4, 0.5) is 0 Å². The quantitative estimate of drug-likeness (QED) is 0.776. The zero-order valence-corrected chi connectivity index (χ0v) is 13.6. The Balaban J connectivity index is 1.98. The van der Waals surface area contributed by atoms with Gasteiger partial charge in [0.05, 0.1) is 5.69 Å². The summed E-state index contributed by atoms with van der Waals surface area (Å²) >= 11 is 1.52. The summed E-state index contributed by atoms with van der Waals surface area (Å²) in [6, 6.07) is 10.4. The van der Waals surface area contributed by atoms with Crippen molar-refractivity contribution < 1.29 is 4.79 Å². The van der Waals surface area contributed by atoms with E-state index in [1.54, 1.807) is 0 Å². The number of carbonyl (C=O) groups is 1. The third kappa shape index (κ3) is 2.64. The minimum Gasteiger partial charge on any atom is -0.351 e. The van der Waals surface area contributed by atoms with Gasteiger partial charge in [-0.2, -0.15) is 0 Å². The summed E-state index contributed by atoms with van der Waals surface area (Å²) in [7, 11) is 0. The molecule has 0 atom stereocenters. The van der Waals surface area contributed by atoms with Gasteiger partial charge in [0.2, 0.25) is 0 Å². The molecule has 0 aliphatic carbocycles. The van der Waals surface area contributed by atoms with E-state index in [1.165, 1.54) is 22.2 Å². The summed E-state index contributed by atoms with van der Waals surface area (Å²) in [5.41, 5.74) is 2.77. The van der Waals surface area contributed by atoms with Crippen molar-refractivity contribution in [3.63, 3.8) is 0 Å². The molecule has 0 aliphatic heterocycles. The number of aromatic nitrogens is 2. The normalized spacial score (nSPS) is 11.0. The van der Waals surface area contributed by atoms with Crippen LogP contribution in [0.1, 0.15) is 30.8 Å². The molecule has 1 aromatic carbocycles. The van der Waals surface area contributed by atoms with E-state index < -0.39 is 0 Å². The lowest BCUT2D eigenvalue weighted by molar-refractivity contribution is 0.0949. The lowest BCUT2D eigenvalue weighted by atomic mass is 10.2. The molecular weight excluding hydrogens is 294 g/mol. The number of hydrogen-bond donors (Lipinski definition) is 1. The van der Waals surface area contributed by atoms with E-state index in [9.17, 15) is 4.79 Å². The third-order valence-corrected chi connectivity index (χ3v) is 4.48. The van der Waals surface area contributed by atoms with Crippen LogP contribution in [0, 0.1) is 0 Å². The first kappa shape index (κ1) is 14.8. The molecule has 0 saturated carbocycles. The van der Waals surface area contributed by atoms with Gasteiger partial charge < -0.3 is 9.88 Å². The number of para-hydroxylation sites is 1. The molecule has 114 valence electrons. The molecular formula is C17H19N3OS. The van der Waals surface area contributed by atoms with Crippen LogP contribution < -0.4 is 5.32 Å². The van der Waals surface area contributed by atoms with Gasteiger partial charge in [0.15, 0.2) is 0 Å². The molecule has 22 heavy (non-hydrogen) atoms. The number of aryl methyl sites for hydroxylation is 1. The fourth-order valence-electron chi connectivity index (χ4n) is 2.55. The monoisotopic (exact) mass is 313 g/mol. The van der Waals surface area contributed by atoms with Crippen molar-refractivity contribution in [1.29, 1.82) is 0 Å². The highest BCUT2D eigenvalue weighted by Gasteiger charge is 2.15. The van der Waals surface area contributed by atoms with Crippen LogP contribution in [-0.2, 0) is 6.54 Å². The van der Waals surface area contributed by atoms with Crippen LogP contribution in [0.25, 0.3) is 21.6 Å². The minimum absolute atomic E-state index is 0.0940. The van der Waals surface area contributed by atoms with Crippen molar-refractivity contribution in [2.45, 2.75) is 26.8 Å². The Morgan fingerprint density at radius 1 is 1.32 bits per heavy atom. The maximum atomic E-state index is 12.0. The van der Waals surface area contributed by atoms with Crippen molar-refractivity contribution in [3.05, 3.63) is 41.4 Å². The van der Waals surface area contributed by atoms with Crippen molar-refractivity contribution in [1.82, 2.24) is 14.9 Å². The van der Waals surface area contributed by atoms with E-state index in [0.29, 0.717) is 12.2 Å². The molecule has 0 aliphatic rings. The lowest BCUT2D eigenvalue weighted by Crippen LogP contribution is -2.24. The number of benzene rings is 1. The highest BCUT2D eigenvalue weighted by Crippen LogP contribution is 2.30. The van der Waals surface area contributed by atoms with Gasteiger partial charge in [-0.1, -0.05) is 25.1 Å². The number of hydrogen-bond acceptors (Lipinski definition) is 3. The average molecular weight is 313 g/mol. The van der Waals surface area contributed by atoms with Gasteiger partial charge in [0.1, 0.15) is 10.7 Å². The molecule has 0 saturated heterocycles. The summed E-state index contributed by atoms with van der Waals surface area (Å²) in [5.74, 6) is -0.0940. The molecule has 3 rings (SSSR count). The van der Waals surface area contributed by atoms with Gasteiger partial charge in [-0.25, -0.2) is 4.98 Å². The predicted molar refractivity (Wildman–Crippen MR) is 91.3 cm³/mol. The van der Waals surface area contributed by atoms with Crippen molar-refractivity contribution >= 4 is 28.1 Å². The van der Waals surface area contributed by atoms with Crippen LogP contribution in [0.3, 0.4) is 0 Å². The molecule has 0 fully saturated rings. The molecule has 0 unspecified atom stereocenters. The maximum Gasteiger partial charge on any atom is 0.270 e. The van der Waals surface area contributed by atoms with E-state index >= 15 is 0 Å². The molecule has 0 spiro atoms. The third-order valence-electron chi connectivity index (χ3n) is 3.62. The zero-order valence-electron chi connectivity index (χ0n) is 12.8. The molecule has 2 heterocycles. The Hall–Kier alpha value is -2.14. The van der Waals surface area contributed by atoms with E-state index in [4.69, 9.17) is 0 Å². The second kappa shape index (κ2) is 6.32. The molecule has 4 nitrogen and oxygen atoms in total. The highest BCUT2D eigenvalue weighted by molar-refractivity contribution is 7.13. The summed E-state index contributed by atoms with van der Waals surface area (Å²) < 4.78 is 2.24. The number of thiazole rings is 1. The first-order chi connectivity index (χ1) is 10.7. The Labute approximate surface area is 133 Å². The standard InChI is InChI=1S/C17H19N3OS/c1-3-9-18-16(21)13-11-22-17(19-13)15-10-12-7-5-6-8-14(12)20(15)4-2/h5-8,10-11H,3-4,9H2,1-2H3,(H,18,21). The number of fused-ring (bicyclic) bond motifs is 1. The molecule has 1 amide bonds. The summed E-state index contributed by atoms with van der Waals surface area (Å²) in [6.07, 6.45) is 0.923. The number of carbonyl (C=O) groups excluding carboxylic acids is 1. The van der Waals surface area contributed by atoms with E-state index in [0.717, 1.165) is 23.7 Å². The predicted octanol–water partition coefficient (Wildman–Crippen LogP) is 3.92. The highest BCUT2D eigenvalue weighted by atomic mass is 32.1. The number of amides is 1. The van der Waals surface area contributed by atoms with E-state index in [1.807, 2.05) is 24.4 Å². The van der Waals surface area contributed by atoms with Crippen molar-refractivity contribution in [2.75, 3.05) is 6.54 Å². The maximum absolute atomic E-state index is 12.0. The molecule has 3 aromatic rings. The zero-order chi connectivity index (χ0) is 15.5. The SMILES string of the molecule is CCCNC(=O)c1csc(-c2cc3ccccc3n2CC)n1. The van der Waals surface area contributed by atoms with Gasteiger partial charge in [-0.3, -0.25) is 4.79 Å². The van der Waals surface area contributed by atoms with Crippen LogP contribution in [-0.4, -0.2) is 22.0 Å². The first-order valence-corrected chi connectivity index (χ1v) is 8.45. The molecule has 0 radical (unpaired) electrons. The summed E-state index contributed by atoms with van der Waals surface area (Å²) in [4.78, 5) is 16.5. The van der Waals surface area contributed by atoms with Gasteiger partial charge >= 0.3 is 0 Å². The number of nitrogens with zero attached hydrogens (tertiary/aromatic N) is 2. The van der Waals surface area contributed by atoms with E-state index in [2.05, 4.69) is 40.0 Å². The van der Waals surface area contributed by atoms with Crippen molar-refractivity contribution in [3.8, 4) is 10.7 Å². The first-order valence-electron chi connectivity index (χ1n) is 7.57. The number of rotatable bonds is 5.